The van der Waals surface area contributed by atoms with Crippen molar-refractivity contribution in [2.75, 3.05) is 18.4 Å². The van der Waals surface area contributed by atoms with E-state index in [9.17, 15) is 4.79 Å². The minimum absolute atomic E-state index is 0.0425. The number of nitrogens with one attached hydrogen (secondary N) is 1. The van der Waals surface area contributed by atoms with Gasteiger partial charge in [0, 0.05) is 30.9 Å². The van der Waals surface area contributed by atoms with E-state index in [1.165, 1.54) is 6.26 Å². The first-order chi connectivity index (χ1) is 11.7. The van der Waals surface area contributed by atoms with Crippen LogP contribution in [0.15, 0.2) is 29.0 Å². The lowest BCUT2D eigenvalue weighted by Gasteiger charge is -2.33. The lowest BCUT2D eigenvalue weighted by atomic mass is 10.0. The van der Waals surface area contributed by atoms with Crippen molar-refractivity contribution in [2.24, 2.45) is 0 Å². The highest BCUT2D eigenvalue weighted by molar-refractivity contribution is 5.91. The molecule has 3 rings (SSSR count). The second kappa shape index (κ2) is 7.47. The zero-order chi connectivity index (χ0) is 16.9. The highest BCUT2D eigenvalue weighted by atomic mass is 16.3. The molecule has 128 valence electrons. The normalized spacial score (nSPS) is 17.8. The van der Waals surface area contributed by atoms with Gasteiger partial charge in [-0.2, -0.15) is 0 Å². The number of anilines is 1. The first-order valence-corrected chi connectivity index (χ1v) is 8.59. The maximum atomic E-state index is 12.5. The molecule has 24 heavy (non-hydrogen) atoms. The quantitative estimate of drug-likeness (QED) is 0.913. The molecule has 0 saturated carbocycles. The molecule has 2 aromatic rings. The molecule has 1 amide bonds. The summed E-state index contributed by atoms with van der Waals surface area (Å²) in [4.78, 5) is 23.2. The van der Waals surface area contributed by atoms with E-state index < -0.39 is 0 Å². The Hall–Kier alpha value is -2.37. The van der Waals surface area contributed by atoms with Crippen LogP contribution in [0.2, 0.25) is 0 Å². The van der Waals surface area contributed by atoms with Crippen LogP contribution < -0.4 is 5.32 Å². The fraction of sp³-hybridized carbons (Fsp3) is 0.500. The van der Waals surface area contributed by atoms with Crippen molar-refractivity contribution >= 4 is 11.7 Å². The highest BCUT2D eigenvalue weighted by Gasteiger charge is 2.26. The molecular weight excluding hydrogens is 304 g/mol. The summed E-state index contributed by atoms with van der Waals surface area (Å²) >= 11 is 0. The summed E-state index contributed by atoms with van der Waals surface area (Å²) in [5, 5.41) is 3.53. The van der Waals surface area contributed by atoms with Gasteiger partial charge in [0.05, 0.1) is 6.26 Å². The molecule has 1 saturated heterocycles. The van der Waals surface area contributed by atoms with E-state index in [1.54, 1.807) is 12.1 Å². The van der Waals surface area contributed by atoms with E-state index >= 15 is 0 Å². The van der Waals surface area contributed by atoms with Crippen molar-refractivity contribution in [1.82, 2.24) is 14.9 Å². The monoisotopic (exact) mass is 328 g/mol. The minimum atomic E-state index is -0.0425. The number of aromatic nitrogens is 2. The van der Waals surface area contributed by atoms with Gasteiger partial charge in [-0.1, -0.05) is 13.3 Å². The third-order valence-electron chi connectivity index (χ3n) is 4.29. The molecule has 0 spiro atoms. The Morgan fingerprint density at radius 3 is 3.12 bits per heavy atom. The van der Waals surface area contributed by atoms with Crippen LogP contribution in [-0.4, -0.2) is 39.9 Å². The predicted octanol–water partition coefficient (Wildman–Crippen LogP) is 3.05. The summed E-state index contributed by atoms with van der Waals surface area (Å²) in [6.07, 6.45) is 7.43. The van der Waals surface area contributed by atoms with Crippen molar-refractivity contribution in [1.29, 1.82) is 0 Å². The SMILES string of the molecule is CCCc1cnc(C)nc1NC1CCCN(C(=O)c2ccco2)C1. The summed E-state index contributed by atoms with van der Waals surface area (Å²) in [7, 11) is 0. The van der Waals surface area contributed by atoms with Crippen LogP contribution in [0.25, 0.3) is 0 Å². The summed E-state index contributed by atoms with van der Waals surface area (Å²) in [5.41, 5.74) is 1.14. The lowest BCUT2D eigenvalue weighted by Crippen LogP contribution is -2.45. The maximum absolute atomic E-state index is 12.5. The average Bonchev–Trinajstić information content (AvgIpc) is 3.11. The molecule has 1 aliphatic heterocycles. The van der Waals surface area contributed by atoms with Gasteiger partial charge in [-0.15, -0.1) is 0 Å². The van der Waals surface area contributed by atoms with Crippen molar-refractivity contribution in [3.05, 3.63) is 41.7 Å². The molecule has 6 heteroatoms. The number of furan rings is 1. The Labute approximate surface area is 142 Å². The van der Waals surface area contributed by atoms with E-state index in [2.05, 4.69) is 22.2 Å². The van der Waals surface area contributed by atoms with Gasteiger partial charge in [-0.25, -0.2) is 9.97 Å². The summed E-state index contributed by atoms with van der Waals surface area (Å²) in [6.45, 7) is 5.47. The Bertz CT molecular complexity index is 684. The lowest BCUT2D eigenvalue weighted by molar-refractivity contribution is 0.0682. The largest absolute Gasteiger partial charge is 0.459 e. The number of likely N-dealkylation sites (tertiary alicyclic amines) is 1. The topological polar surface area (TPSA) is 71.3 Å². The predicted molar refractivity (Wildman–Crippen MR) is 92.0 cm³/mol. The molecule has 0 aromatic carbocycles. The number of carbonyl (C=O) groups is 1. The molecule has 1 atom stereocenters. The summed E-state index contributed by atoms with van der Waals surface area (Å²) < 4.78 is 5.24. The van der Waals surface area contributed by atoms with Crippen LogP contribution in [0.3, 0.4) is 0 Å². The van der Waals surface area contributed by atoms with E-state index in [4.69, 9.17) is 4.42 Å². The maximum Gasteiger partial charge on any atom is 0.289 e. The number of hydrogen-bond acceptors (Lipinski definition) is 5. The Balaban J connectivity index is 1.69. The summed E-state index contributed by atoms with van der Waals surface area (Å²) in [6, 6.07) is 3.66. The van der Waals surface area contributed by atoms with E-state index in [0.29, 0.717) is 12.3 Å². The molecule has 3 heterocycles. The molecule has 1 fully saturated rings. The van der Waals surface area contributed by atoms with Crippen LogP contribution in [-0.2, 0) is 6.42 Å². The smallest absolute Gasteiger partial charge is 0.289 e. The zero-order valence-electron chi connectivity index (χ0n) is 14.3. The number of piperidine rings is 1. The van der Waals surface area contributed by atoms with Crippen LogP contribution in [0.5, 0.6) is 0 Å². The van der Waals surface area contributed by atoms with Crippen LogP contribution in [0.4, 0.5) is 5.82 Å². The molecule has 2 aromatic heterocycles. The fourth-order valence-corrected chi connectivity index (χ4v) is 3.10. The number of carbonyl (C=O) groups excluding carboxylic acids is 1. The van der Waals surface area contributed by atoms with Crippen molar-refractivity contribution < 1.29 is 9.21 Å². The van der Waals surface area contributed by atoms with Gasteiger partial charge in [-0.05, 0) is 38.3 Å². The molecule has 0 radical (unpaired) electrons. The Morgan fingerprint density at radius 2 is 2.38 bits per heavy atom. The van der Waals surface area contributed by atoms with Crippen molar-refractivity contribution in [3.63, 3.8) is 0 Å². The van der Waals surface area contributed by atoms with E-state index in [-0.39, 0.29) is 11.9 Å². The zero-order valence-corrected chi connectivity index (χ0v) is 14.3. The molecular formula is C18H24N4O2. The number of nitrogens with zero attached hydrogens (tertiary/aromatic N) is 3. The highest BCUT2D eigenvalue weighted by Crippen LogP contribution is 2.20. The third kappa shape index (κ3) is 3.75. The minimum Gasteiger partial charge on any atom is -0.459 e. The Morgan fingerprint density at radius 1 is 1.50 bits per heavy atom. The van der Waals surface area contributed by atoms with Crippen LogP contribution in [0.1, 0.15) is 48.1 Å². The van der Waals surface area contributed by atoms with Gasteiger partial charge >= 0.3 is 0 Å². The second-order valence-corrected chi connectivity index (χ2v) is 6.25. The number of rotatable bonds is 5. The number of aryl methyl sites for hydroxylation is 2. The first kappa shape index (κ1) is 16.5. The van der Waals surface area contributed by atoms with Gasteiger partial charge in [0.1, 0.15) is 11.6 Å². The van der Waals surface area contributed by atoms with Gasteiger partial charge < -0.3 is 14.6 Å². The summed E-state index contributed by atoms with van der Waals surface area (Å²) in [5.74, 6) is 2.03. The van der Waals surface area contributed by atoms with Crippen LogP contribution in [0, 0.1) is 6.92 Å². The number of hydrogen-bond donors (Lipinski definition) is 1. The van der Waals surface area contributed by atoms with Gasteiger partial charge in [0.15, 0.2) is 5.76 Å². The molecule has 0 aliphatic carbocycles. The van der Waals surface area contributed by atoms with E-state index in [0.717, 1.165) is 49.4 Å². The number of amides is 1. The Kier molecular flexibility index (Phi) is 5.13. The molecule has 1 unspecified atom stereocenters. The van der Waals surface area contributed by atoms with Crippen molar-refractivity contribution in [2.45, 2.75) is 45.6 Å². The van der Waals surface area contributed by atoms with Crippen molar-refractivity contribution in [3.8, 4) is 0 Å². The molecule has 0 bridgehead atoms. The molecule has 1 aliphatic rings. The van der Waals surface area contributed by atoms with Gasteiger partial charge in [0.2, 0.25) is 0 Å². The fourth-order valence-electron chi connectivity index (χ4n) is 3.10. The second-order valence-electron chi connectivity index (χ2n) is 6.25. The standard InChI is InChI=1S/C18H24N4O2/c1-3-6-14-11-19-13(2)20-17(14)21-15-7-4-9-22(12-15)18(23)16-8-5-10-24-16/h5,8,10-11,15H,3-4,6-7,9,12H2,1-2H3,(H,19,20,21). The first-order valence-electron chi connectivity index (χ1n) is 8.59. The average molecular weight is 328 g/mol. The third-order valence-corrected chi connectivity index (χ3v) is 4.29. The van der Waals surface area contributed by atoms with Crippen LogP contribution >= 0.6 is 0 Å². The van der Waals surface area contributed by atoms with Gasteiger partial charge in [0.25, 0.3) is 5.91 Å². The van der Waals surface area contributed by atoms with E-state index in [1.807, 2.05) is 18.0 Å². The molecule has 1 N–H and O–H groups in total. The van der Waals surface area contributed by atoms with Gasteiger partial charge in [-0.3, -0.25) is 4.79 Å². The molecule has 6 nitrogen and oxygen atoms in total.